The van der Waals surface area contributed by atoms with Crippen LogP contribution in [0.5, 0.6) is 0 Å². The topological polar surface area (TPSA) is 44.4 Å². The zero-order valence-corrected chi connectivity index (χ0v) is 12.1. The third-order valence-electron chi connectivity index (χ3n) is 3.32. The molecule has 0 atom stereocenters. The van der Waals surface area contributed by atoms with Gasteiger partial charge in [-0.05, 0) is 32.0 Å². The summed E-state index contributed by atoms with van der Waals surface area (Å²) in [7, 11) is 1.79. The Hall–Kier alpha value is -1.26. The fraction of sp³-hybridized carbons (Fsp3) is 0.500. The summed E-state index contributed by atoms with van der Waals surface area (Å²) in [5, 5.41) is 5.93. The standard InChI is InChI=1S/C14H21N3O.ClH/c1-15-11-14(18)16-12-7-9-17(10-8-12)13-5-3-2-4-6-13;/h2-6,12,15H,7-11H2,1H3,(H,16,18);1H. The lowest BCUT2D eigenvalue weighted by Crippen LogP contribution is -2.46. The van der Waals surface area contributed by atoms with Crippen LogP contribution >= 0.6 is 12.4 Å². The maximum atomic E-state index is 11.5. The third kappa shape index (κ3) is 4.73. The molecular formula is C14H22ClN3O. The van der Waals surface area contributed by atoms with E-state index in [4.69, 9.17) is 0 Å². The molecule has 19 heavy (non-hydrogen) atoms. The predicted molar refractivity (Wildman–Crippen MR) is 81.0 cm³/mol. The zero-order chi connectivity index (χ0) is 12.8. The average Bonchev–Trinajstić information content (AvgIpc) is 2.41. The van der Waals surface area contributed by atoms with Gasteiger partial charge in [0.2, 0.25) is 5.91 Å². The molecule has 1 fully saturated rings. The van der Waals surface area contributed by atoms with Crippen LogP contribution in [0.4, 0.5) is 5.69 Å². The summed E-state index contributed by atoms with van der Waals surface area (Å²) < 4.78 is 0. The van der Waals surface area contributed by atoms with Crippen LogP contribution in [-0.2, 0) is 4.79 Å². The molecule has 1 amide bonds. The number of carbonyl (C=O) groups is 1. The SMILES string of the molecule is CNCC(=O)NC1CCN(c2ccccc2)CC1.Cl. The number of rotatable bonds is 4. The van der Waals surface area contributed by atoms with Crippen molar-refractivity contribution in [3.8, 4) is 0 Å². The van der Waals surface area contributed by atoms with E-state index >= 15 is 0 Å². The fourth-order valence-corrected chi connectivity index (χ4v) is 2.36. The highest BCUT2D eigenvalue weighted by molar-refractivity contribution is 5.85. The summed E-state index contributed by atoms with van der Waals surface area (Å²) in [6.07, 6.45) is 2.04. The molecule has 0 unspecified atom stereocenters. The van der Waals surface area contributed by atoms with Crippen LogP contribution in [0.3, 0.4) is 0 Å². The predicted octanol–water partition coefficient (Wildman–Crippen LogP) is 1.41. The number of hydrogen-bond donors (Lipinski definition) is 2. The van der Waals surface area contributed by atoms with Crippen molar-refractivity contribution in [1.29, 1.82) is 0 Å². The van der Waals surface area contributed by atoms with Crippen molar-refractivity contribution in [1.82, 2.24) is 10.6 Å². The van der Waals surface area contributed by atoms with Crippen molar-refractivity contribution in [3.05, 3.63) is 30.3 Å². The van der Waals surface area contributed by atoms with Gasteiger partial charge in [0.25, 0.3) is 0 Å². The highest BCUT2D eigenvalue weighted by Crippen LogP contribution is 2.19. The summed E-state index contributed by atoms with van der Waals surface area (Å²) in [6, 6.07) is 10.8. The Bertz CT molecular complexity index is 378. The largest absolute Gasteiger partial charge is 0.371 e. The average molecular weight is 284 g/mol. The van der Waals surface area contributed by atoms with Crippen molar-refractivity contribution in [2.75, 3.05) is 31.6 Å². The molecule has 1 aliphatic heterocycles. The Morgan fingerprint density at radius 3 is 2.47 bits per heavy atom. The lowest BCUT2D eigenvalue weighted by Gasteiger charge is -2.34. The van der Waals surface area contributed by atoms with Gasteiger partial charge in [-0.2, -0.15) is 0 Å². The van der Waals surface area contributed by atoms with Crippen LogP contribution < -0.4 is 15.5 Å². The lowest BCUT2D eigenvalue weighted by atomic mass is 10.0. The highest BCUT2D eigenvalue weighted by Gasteiger charge is 2.20. The number of halogens is 1. The van der Waals surface area contributed by atoms with Crippen molar-refractivity contribution in [2.45, 2.75) is 18.9 Å². The van der Waals surface area contributed by atoms with E-state index in [1.54, 1.807) is 7.05 Å². The number of carbonyl (C=O) groups excluding carboxylic acids is 1. The van der Waals surface area contributed by atoms with E-state index < -0.39 is 0 Å². The van der Waals surface area contributed by atoms with Crippen molar-refractivity contribution >= 4 is 24.0 Å². The molecule has 1 saturated heterocycles. The van der Waals surface area contributed by atoms with Gasteiger partial charge in [-0.3, -0.25) is 4.79 Å². The van der Waals surface area contributed by atoms with E-state index in [1.165, 1.54) is 5.69 Å². The summed E-state index contributed by atoms with van der Waals surface area (Å²) >= 11 is 0. The van der Waals surface area contributed by atoms with Crippen LogP contribution in [0.15, 0.2) is 30.3 Å². The molecule has 1 aromatic rings. The molecular weight excluding hydrogens is 262 g/mol. The van der Waals surface area contributed by atoms with E-state index in [2.05, 4.69) is 39.8 Å². The van der Waals surface area contributed by atoms with Gasteiger partial charge in [-0.25, -0.2) is 0 Å². The number of nitrogens with zero attached hydrogens (tertiary/aromatic N) is 1. The number of hydrogen-bond acceptors (Lipinski definition) is 3. The maximum absolute atomic E-state index is 11.5. The van der Waals surface area contributed by atoms with Gasteiger partial charge >= 0.3 is 0 Å². The van der Waals surface area contributed by atoms with Crippen LogP contribution in [-0.4, -0.2) is 38.6 Å². The Kier molecular flexibility index (Phi) is 6.67. The molecule has 2 N–H and O–H groups in total. The monoisotopic (exact) mass is 283 g/mol. The first kappa shape index (κ1) is 15.8. The number of anilines is 1. The van der Waals surface area contributed by atoms with Crippen LogP contribution in [0, 0.1) is 0 Å². The highest BCUT2D eigenvalue weighted by atomic mass is 35.5. The summed E-state index contributed by atoms with van der Waals surface area (Å²) in [6.45, 7) is 2.42. The first-order chi connectivity index (χ1) is 8.79. The molecule has 0 radical (unpaired) electrons. The number of para-hydroxylation sites is 1. The third-order valence-corrected chi connectivity index (χ3v) is 3.32. The first-order valence-electron chi connectivity index (χ1n) is 6.53. The molecule has 0 aromatic heterocycles. The Balaban J connectivity index is 0.00000180. The number of piperidine rings is 1. The second-order valence-corrected chi connectivity index (χ2v) is 4.69. The van der Waals surface area contributed by atoms with Gasteiger partial charge in [0.1, 0.15) is 0 Å². The van der Waals surface area contributed by atoms with Gasteiger partial charge in [0, 0.05) is 24.8 Å². The molecule has 106 valence electrons. The van der Waals surface area contributed by atoms with Crippen molar-refractivity contribution in [3.63, 3.8) is 0 Å². The molecule has 0 bridgehead atoms. The molecule has 4 nitrogen and oxygen atoms in total. The van der Waals surface area contributed by atoms with Crippen molar-refractivity contribution in [2.24, 2.45) is 0 Å². The molecule has 1 aromatic carbocycles. The van der Waals surface area contributed by atoms with E-state index in [1.807, 2.05) is 6.07 Å². The van der Waals surface area contributed by atoms with E-state index in [9.17, 15) is 4.79 Å². The summed E-state index contributed by atoms with van der Waals surface area (Å²) in [5.41, 5.74) is 1.28. The minimum absolute atomic E-state index is 0. The van der Waals surface area contributed by atoms with Crippen molar-refractivity contribution < 1.29 is 4.79 Å². The molecule has 0 spiro atoms. The Morgan fingerprint density at radius 2 is 1.89 bits per heavy atom. The fourth-order valence-electron chi connectivity index (χ4n) is 2.36. The minimum Gasteiger partial charge on any atom is -0.371 e. The minimum atomic E-state index is 0. The first-order valence-corrected chi connectivity index (χ1v) is 6.53. The van der Waals surface area contributed by atoms with Gasteiger partial charge in [-0.1, -0.05) is 18.2 Å². The molecule has 0 saturated carbocycles. The summed E-state index contributed by atoms with van der Waals surface area (Å²) in [5.74, 6) is 0.0932. The zero-order valence-electron chi connectivity index (χ0n) is 11.3. The lowest BCUT2D eigenvalue weighted by molar-refractivity contribution is -0.120. The molecule has 5 heteroatoms. The number of likely N-dealkylation sites (N-methyl/N-ethyl adjacent to an activating group) is 1. The molecule has 2 rings (SSSR count). The van der Waals surface area contributed by atoms with Gasteiger partial charge in [0.15, 0.2) is 0 Å². The van der Waals surface area contributed by atoms with Crippen LogP contribution in [0.1, 0.15) is 12.8 Å². The number of amides is 1. The summed E-state index contributed by atoms with van der Waals surface area (Å²) in [4.78, 5) is 13.9. The van der Waals surface area contributed by atoms with E-state index in [0.29, 0.717) is 12.6 Å². The van der Waals surface area contributed by atoms with E-state index in [-0.39, 0.29) is 18.3 Å². The number of benzene rings is 1. The quantitative estimate of drug-likeness (QED) is 0.878. The molecule has 0 aliphatic carbocycles. The maximum Gasteiger partial charge on any atom is 0.234 e. The smallest absolute Gasteiger partial charge is 0.234 e. The second kappa shape index (κ2) is 8.02. The van der Waals surface area contributed by atoms with Gasteiger partial charge < -0.3 is 15.5 Å². The van der Waals surface area contributed by atoms with Crippen LogP contribution in [0.2, 0.25) is 0 Å². The van der Waals surface area contributed by atoms with E-state index in [0.717, 1.165) is 25.9 Å². The van der Waals surface area contributed by atoms with Gasteiger partial charge in [0.05, 0.1) is 6.54 Å². The number of nitrogens with one attached hydrogen (secondary N) is 2. The second-order valence-electron chi connectivity index (χ2n) is 4.69. The van der Waals surface area contributed by atoms with Gasteiger partial charge in [-0.15, -0.1) is 12.4 Å². The molecule has 1 heterocycles. The normalized spacial score (nSPS) is 15.7. The van der Waals surface area contributed by atoms with Crippen LogP contribution in [0.25, 0.3) is 0 Å². The Labute approximate surface area is 121 Å². The Morgan fingerprint density at radius 1 is 1.26 bits per heavy atom. The molecule has 1 aliphatic rings.